The average Bonchev–Trinajstić information content (AvgIpc) is 2.74. The van der Waals surface area contributed by atoms with E-state index in [1.807, 2.05) is 48.5 Å². The summed E-state index contributed by atoms with van der Waals surface area (Å²) >= 11 is 0. The second-order valence-electron chi connectivity index (χ2n) is 7.47. The Kier molecular flexibility index (Phi) is 6.12. The third-order valence-electron chi connectivity index (χ3n) is 4.80. The van der Waals surface area contributed by atoms with Crippen molar-refractivity contribution in [1.29, 1.82) is 0 Å². The van der Waals surface area contributed by atoms with Crippen molar-refractivity contribution in [3.63, 3.8) is 0 Å². The van der Waals surface area contributed by atoms with Crippen molar-refractivity contribution in [1.82, 2.24) is 15.0 Å². The molecule has 0 aliphatic carbocycles. The summed E-state index contributed by atoms with van der Waals surface area (Å²) in [5, 5.41) is 9.86. The van der Waals surface area contributed by atoms with E-state index in [1.54, 1.807) is 0 Å². The molecule has 6 nitrogen and oxygen atoms in total. The zero-order valence-electron chi connectivity index (χ0n) is 18.0. The van der Waals surface area contributed by atoms with Gasteiger partial charge in [0, 0.05) is 17.1 Å². The molecule has 154 valence electrons. The van der Waals surface area contributed by atoms with Gasteiger partial charge in [0.25, 0.3) is 0 Å². The molecule has 4 rings (SSSR count). The molecule has 0 aliphatic heterocycles. The molecule has 0 atom stereocenters. The normalized spacial score (nSPS) is 10.4. The first-order valence-corrected chi connectivity index (χ1v) is 10.4. The minimum atomic E-state index is 0.462. The summed E-state index contributed by atoms with van der Waals surface area (Å²) in [4.78, 5) is 13.7. The minimum Gasteiger partial charge on any atom is -0.324 e. The van der Waals surface area contributed by atoms with E-state index in [1.165, 1.54) is 5.46 Å². The lowest BCUT2D eigenvalue weighted by atomic mass is 9.73. The van der Waals surface area contributed by atoms with Crippen molar-refractivity contribution in [2.75, 3.05) is 16.0 Å². The molecular weight excluding hydrogens is 383 g/mol. The van der Waals surface area contributed by atoms with Crippen LogP contribution in [0.2, 0.25) is 6.82 Å². The summed E-state index contributed by atoms with van der Waals surface area (Å²) in [6, 6.07) is 24.4. The Hall–Kier alpha value is -3.87. The van der Waals surface area contributed by atoms with Gasteiger partial charge < -0.3 is 16.0 Å². The average molecular weight is 408 g/mol. The minimum absolute atomic E-state index is 0.462. The Balaban J connectivity index is 1.64. The van der Waals surface area contributed by atoms with Crippen LogP contribution in [0.1, 0.15) is 11.1 Å². The molecule has 7 heteroatoms. The SMILES string of the molecule is CBc1ccc(Nc2nc(Nc3cccc(C)c3)nc(Nc3cccc(C)c3)n2)cc1. The standard InChI is InChI=1S/C24H25BN6/c1-16-6-4-8-20(14-16)27-23-29-22(26-19-12-10-18(25-3)11-13-19)30-24(31-23)28-21-9-5-7-17(2)15-21/h4-15,25H,1-3H3,(H3,26,27,28,29,30,31). The molecule has 31 heavy (non-hydrogen) atoms. The van der Waals surface area contributed by atoms with Gasteiger partial charge >= 0.3 is 0 Å². The lowest BCUT2D eigenvalue weighted by Gasteiger charge is -2.12. The Morgan fingerprint density at radius 2 is 1.03 bits per heavy atom. The maximum atomic E-state index is 4.57. The highest BCUT2D eigenvalue weighted by Crippen LogP contribution is 2.21. The van der Waals surface area contributed by atoms with Crippen LogP contribution in [0.4, 0.5) is 34.9 Å². The fraction of sp³-hybridized carbons (Fsp3) is 0.125. The van der Waals surface area contributed by atoms with Gasteiger partial charge in [-0.05, 0) is 61.4 Å². The molecule has 3 N–H and O–H groups in total. The number of nitrogens with zero attached hydrogens (tertiary/aromatic N) is 3. The molecule has 0 fully saturated rings. The fourth-order valence-corrected chi connectivity index (χ4v) is 3.20. The Bertz CT molecular complexity index is 1110. The van der Waals surface area contributed by atoms with Crippen molar-refractivity contribution in [2.24, 2.45) is 0 Å². The van der Waals surface area contributed by atoms with Crippen molar-refractivity contribution in [3.8, 4) is 0 Å². The second kappa shape index (κ2) is 9.30. The molecular formula is C24H25BN6. The van der Waals surface area contributed by atoms with Crippen LogP contribution in [0.5, 0.6) is 0 Å². The van der Waals surface area contributed by atoms with E-state index >= 15 is 0 Å². The Morgan fingerprint density at radius 3 is 1.45 bits per heavy atom. The molecule has 0 unspecified atom stereocenters. The summed E-state index contributed by atoms with van der Waals surface area (Å²) < 4.78 is 0. The van der Waals surface area contributed by atoms with Gasteiger partial charge in [0.2, 0.25) is 17.8 Å². The van der Waals surface area contributed by atoms with Crippen LogP contribution in [-0.2, 0) is 0 Å². The van der Waals surface area contributed by atoms with Gasteiger partial charge in [-0.25, -0.2) is 0 Å². The van der Waals surface area contributed by atoms with Gasteiger partial charge in [0.1, 0.15) is 0 Å². The zero-order valence-corrected chi connectivity index (χ0v) is 18.0. The summed E-state index contributed by atoms with van der Waals surface area (Å²) in [6.45, 7) is 6.24. The van der Waals surface area contributed by atoms with Crippen LogP contribution in [0.3, 0.4) is 0 Å². The first-order chi connectivity index (χ1) is 15.1. The fourth-order valence-electron chi connectivity index (χ4n) is 3.20. The molecule has 0 amide bonds. The van der Waals surface area contributed by atoms with E-state index in [2.05, 4.69) is 75.8 Å². The first-order valence-electron chi connectivity index (χ1n) is 10.4. The number of hydrogen-bond acceptors (Lipinski definition) is 6. The third-order valence-corrected chi connectivity index (χ3v) is 4.80. The molecule has 0 spiro atoms. The number of hydrogen-bond donors (Lipinski definition) is 3. The van der Waals surface area contributed by atoms with Gasteiger partial charge in [-0.1, -0.05) is 48.7 Å². The van der Waals surface area contributed by atoms with E-state index in [0.717, 1.165) is 35.5 Å². The molecule has 1 aromatic heterocycles. The first kappa shape index (κ1) is 20.4. The topological polar surface area (TPSA) is 74.8 Å². The van der Waals surface area contributed by atoms with E-state index in [9.17, 15) is 0 Å². The van der Waals surface area contributed by atoms with E-state index in [4.69, 9.17) is 0 Å². The van der Waals surface area contributed by atoms with Crippen molar-refractivity contribution < 1.29 is 0 Å². The van der Waals surface area contributed by atoms with Crippen LogP contribution in [-0.4, -0.2) is 22.2 Å². The third kappa shape index (κ3) is 5.60. The van der Waals surface area contributed by atoms with Crippen molar-refractivity contribution in [3.05, 3.63) is 83.9 Å². The number of anilines is 6. The Morgan fingerprint density at radius 1 is 0.581 bits per heavy atom. The van der Waals surface area contributed by atoms with Gasteiger partial charge in [0.05, 0.1) is 0 Å². The summed E-state index contributed by atoms with van der Waals surface area (Å²) in [6.07, 6.45) is 0. The van der Waals surface area contributed by atoms with Crippen molar-refractivity contribution >= 4 is 47.6 Å². The summed E-state index contributed by atoms with van der Waals surface area (Å²) in [7, 11) is 1.00. The number of aromatic nitrogens is 3. The maximum absolute atomic E-state index is 4.57. The molecule has 0 radical (unpaired) electrons. The number of aryl methyl sites for hydroxylation is 2. The number of nitrogens with one attached hydrogen (secondary N) is 3. The van der Waals surface area contributed by atoms with Crippen LogP contribution >= 0.6 is 0 Å². The molecule has 3 aromatic carbocycles. The van der Waals surface area contributed by atoms with Crippen LogP contribution in [0.25, 0.3) is 0 Å². The lowest BCUT2D eigenvalue weighted by Crippen LogP contribution is -2.10. The lowest BCUT2D eigenvalue weighted by molar-refractivity contribution is 1.06. The largest absolute Gasteiger partial charge is 0.324 e. The van der Waals surface area contributed by atoms with Crippen LogP contribution in [0, 0.1) is 13.8 Å². The highest BCUT2D eigenvalue weighted by atomic mass is 15.3. The smallest absolute Gasteiger partial charge is 0.233 e. The molecule has 1 heterocycles. The van der Waals surface area contributed by atoms with Gasteiger partial charge in [0.15, 0.2) is 7.28 Å². The van der Waals surface area contributed by atoms with E-state index in [0.29, 0.717) is 17.8 Å². The number of rotatable bonds is 7. The summed E-state index contributed by atoms with van der Waals surface area (Å²) in [5.41, 5.74) is 6.37. The van der Waals surface area contributed by atoms with Crippen molar-refractivity contribution in [2.45, 2.75) is 20.7 Å². The molecule has 0 aliphatic rings. The van der Waals surface area contributed by atoms with Gasteiger partial charge in [-0.2, -0.15) is 15.0 Å². The van der Waals surface area contributed by atoms with Crippen LogP contribution in [0.15, 0.2) is 72.8 Å². The highest BCUT2D eigenvalue weighted by molar-refractivity contribution is 6.51. The summed E-state index contributed by atoms with van der Waals surface area (Å²) in [5.74, 6) is 1.39. The number of benzene rings is 3. The molecule has 0 saturated carbocycles. The predicted molar refractivity (Wildman–Crippen MR) is 131 cm³/mol. The van der Waals surface area contributed by atoms with E-state index < -0.39 is 0 Å². The predicted octanol–water partition coefficient (Wildman–Crippen LogP) is 4.83. The monoisotopic (exact) mass is 408 g/mol. The maximum Gasteiger partial charge on any atom is 0.233 e. The molecule has 4 aromatic rings. The second-order valence-corrected chi connectivity index (χ2v) is 7.47. The molecule has 0 bridgehead atoms. The van der Waals surface area contributed by atoms with E-state index in [-0.39, 0.29) is 0 Å². The van der Waals surface area contributed by atoms with Crippen LogP contribution < -0.4 is 21.4 Å². The van der Waals surface area contributed by atoms with Gasteiger partial charge in [-0.3, -0.25) is 0 Å². The molecule has 0 saturated heterocycles. The highest BCUT2D eigenvalue weighted by Gasteiger charge is 2.09. The quantitative estimate of drug-likeness (QED) is 0.381. The Labute approximate surface area is 183 Å². The zero-order chi connectivity index (χ0) is 21.6. The van der Waals surface area contributed by atoms with Gasteiger partial charge in [-0.15, -0.1) is 0 Å².